The Balaban J connectivity index is 3.14. The summed E-state index contributed by atoms with van der Waals surface area (Å²) in [5, 5.41) is 0.306. The van der Waals surface area contributed by atoms with E-state index in [4.69, 9.17) is 13.8 Å². The molecule has 0 N–H and O–H groups in total. The lowest BCUT2D eigenvalue weighted by Gasteiger charge is -2.20. The molecule has 0 unspecified atom stereocenters. The van der Waals surface area contributed by atoms with Gasteiger partial charge in [-0.3, -0.25) is 4.57 Å². The maximum atomic E-state index is 12.9. The van der Waals surface area contributed by atoms with Crippen LogP contribution in [0.1, 0.15) is 26.3 Å². The molecule has 0 atom stereocenters. The second-order valence-corrected chi connectivity index (χ2v) is 6.47. The molecule has 1 aromatic carbocycles. The Kier molecular flexibility index (Phi) is 8.10. The average molecular weight is 326 g/mol. The van der Waals surface area contributed by atoms with E-state index in [9.17, 15) is 9.36 Å². The van der Waals surface area contributed by atoms with Crippen LogP contribution < -0.4 is 0 Å². The third-order valence-corrected chi connectivity index (χ3v) is 4.94. The fraction of sp³-hybridized carbons (Fsp3) is 0.438. The lowest BCUT2D eigenvalue weighted by atomic mass is 10.1. The van der Waals surface area contributed by atoms with Gasteiger partial charge in [0.1, 0.15) is 0 Å². The number of benzene rings is 1. The van der Waals surface area contributed by atoms with Gasteiger partial charge in [-0.25, -0.2) is 4.79 Å². The van der Waals surface area contributed by atoms with Crippen molar-refractivity contribution in [2.45, 2.75) is 27.2 Å². The molecule has 0 spiro atoms. The highest BCUT2D eigenvalue weighted by atomic mass is 31.2. The van der Waals surface area contributed by atoms with Gasteiger partial charge in [0.05, 0.1) is 25.1 Å². The van der Waals surface area contributed by atoms with Crippen LogP contribution in [0.5, 0.6) is 0 Å². The number of carbonyl (C=O) groups is 1. The van der Waals surface area contributed by atoms with Crippen molar-refractivity contribution in [1.29, 1.82) is 0 Å². The topological polar surface area (TPSA) is 61.8 Å². The molecule has 6 heteroatoms. The molecule has 122 valence electrons. The Morgan fingerprint density at radius 3 is 2.14 bits per heavy atom. The van der Waals surface area contributed by atoms with Crippen molar-refractivity contribution in [3.05, 3.63) is 47.3 Å². The standard InChI is InChI=1S/C16H23O5P/c1-4-19-16(17)13-15(12-14-10-8-7-9-11-14)22(18,20-5-2)21-6-3/h7-11,13H,4-6,12H2,1-3H3/b15-13+. The summed E-state index contributed by atoms with van der Waals surface area (Å²) in [6, 6.07) is 9.43. The molecule has 0 aliphatic rings. The molecule has 5 nitrogen and oxygen atoms in total. The summed E-state index contributed by atoms with van der Waals surface area (Å²) in [5.74, 6) is -0.548. The van der Waals surface area contributed by atoms with Gasteiger partial charge in [-0.1, -0.05) is 30.3 Å². The number of ether oxygens (including phenoxy) is 1. The smallest absolute Gasteiger partial charge is 0.357 e. The minimum atomic E-state index is -3.51. The van der Waals surface area contributed by atoms with E-state index >= 15 is 0 Å². The molecular weight excluding hydrogens is 303 g/mol. The Morgan fingerprint density at radius 1 is 1.05 bits per heavy atom. The monoisotopic (exact) mass is 326 g/mol. The zero-order chi connectivity index (χ0) is 16.4. The highest BCUT2D eigenvalue weighted by Crippen LogP contribution is 2.57. The maximum Gasteiger partial charge on any atom is 0.357 e. The van der Waals surface area contributed by atoms with Crippen LogP contribution in [-0.2, 0) is 29.6 Å². The second-order valence-electron chi connectivity index (χ2n) is 4.38. The van der Waals surface area contributed by atoms with E-state index in [-0.39, 0.29) is 19.8 Å². The molecule has 0 radical (unpaired) electrons. The maximum absolute atomic E-state index is 12.9. The molecule has 0 aliphatic heterocycles. The summed E-state index contributed by atoms with van der Waals surface area (Å²) in [4.78, 5) is 11.8. The first-order valence-electron chi connectivity index (χ1n) is 7.36. The Labute approximate surface area is 131 Å². The molecule has 0 saturated heterocycles. The molecular formula is C16H23O5P. The summed E-state index contributed by atoms with van der Waals surface area (Å²) >= 11 is 0. The van der Waals surface area contributed by atoms with E-state index in [2.05, 4.69) is 0 Å². The summed E-state index contributed by atoms with van der Waals surface area (Å²) in [6.07, 6.45) is 1.53. The van der Waals surface area contributed by atoms with Crippen LogP contribution in [0, 0.1) is 0 Å². The van der Waals surface area contributed by atoms with E-state index in [0.29, 0.717) is 11.7 Å². The molecule has 22 heavy (non-hydrogen) atoms. The number of carbonyl (C=O) groups excluding carboxylic acids is 1. The summed E-state index contributed by atoms with van der Waals surface area (Å²) < 4.78 is 28.5. The van der Waals surface area contributed by atoms with Crippen molar-refractivity contribution in [2.75, 3.05) is 19.8 Å². The first-order valence-corrected chi connectivity index (χ1v) is 8.90. The van der Waals surface area contributed by atoms with Crippen LogP contribution in [0.3, 0.4) is 0 Å². The number of hydrogen-bond acceptors (Lipinski definition) is 5. The van der Waals surface area contributed by atoms with Crippen LogP contribution in [-0.4, -0.2) is 25.8 Å². The number of rotatable bonds is 9. The van der Waals surface area contributed by atoms with Crippen molar-refractivity contribution >= 4 is 13.6 Å². The first-order chi connectivity index (χ1) is 10.6. The molecule has 0 heterocycles. The van der Waals surface area contributed by atoms with Crippen molar-refractivity contribution in [2.24, 2.45) is 0 Å². The summed E-state index contributed by atoms with van der Waals surface area (Å²) in [6.45, 7) is 5.89. The minimum absolute atomic E-state index is 0.228. The quantitative estimate of drug-likeness (QED) is 0.391. The lowest BCUT2D eigenvalue weighted by molar-refractivity contribution is -0.137. The van der Waals surface area contributed by atoms with Crippen LogP contribution in [0.25, 0.3) is 0 Å². The van der Waals surface area contributed by atoms with Gasteiger partial charge in [-0.15, -0.1) is 0 Å². The van der Waals surface area contributed by atoms with Gasteiger partial charge in [0, 0.05) is 12.5 Å². The van der Waals surface area contributed by atoms with Crippen LogP contribution in [0.2, 0.25) is 0 Å². The van der Waals surface area contributed by atoms with Crippen molar-refractivity contribution in [1.82, 2.24) is 0 Å². The van der Waals surface area contributed by atoms with Crippen LogP contribution in [0.15, 0.2) is 41.7 Å². The van der Waals surface area contributed by atoms with E-state index in [0.717, 1.165) is 5.56 Å². The van der Waals surface area contributed by atoms with Crippen molar-refractivity contribution in [3.63, 3.8) is 0 Å². The molecule has 0 bridgehead atoms. The Morgan fingerprint density at radius 2 is 1.64 bits per heavy atom. The summed E-state index contributed by atoms with van der Waals surface area (Å²) in [5.41, 5.74) is 0.915. The minimum Gasteiger partial charge on any atom is -0.463 e. The van der Waals surface area contributed by atoms with Gasteiger partial charge < -0.3 is 13.8 Å². The normalized spacial score (nSPS) is 12.2. The van der Waals surface area contributed by atoms with Crippen molar-refractivity contribution in [3.8, 4) is 0 Å². The van der Waals surface area contributed by atoms with Crippen LogP contribution >= 0.6 is 7.60 Å². The summed E-state index contributed by atoms with van der Waals surface area (Å²) in [7, 11) is -3.51. The molecule has 0 saturated carbocycles. The number of esters is 1. The SMILES string of the molecule is CCOC(=O)/C=C(\Cc1ccccc1)P(=O)(OCC)OCC. The fourth-order valence-electron chi connectivity index (χ4n) is 1.89. The van der Waals surface area contributed by atoms with Gasteiger partial charge in [0.25, 0.3) is 0 Å². The predicted molar refractivity (Wildman–Crippen MR) is 85.7 cm³/mol. The molecule has 1 rings (SSSR count). The Bertz CT molecular complexity index is 529. The van der Waals surface area contributed by atoms with E-state index in [1.165, 1.54) is 6.08 Å². The zero-order valence-corrected chi connectivity index (χ0v) is 14.2. The Hall–Kier alpha value is -1.42. The average Bonchev–Trinajstić information content (AvgIpc) is 2.48. The molecule has 0 fully saturated rings. The lowest BCUT2D eigenvalue weighted by Crippen LogP contribution is -2.06. The van der Waals surface area contributed by atoms with E-state index in [1.54, 1.807) is 20.8 Å². The molecule has 0 aliphatic carbocycles. The van der Waals surface area contributed by atoms with Gasteiger partial charge in [-0.2, -0.15) is 0 Å². The number of hydrogen-bond donors (Lipinski definition) is 0. The third-order valence-electron chi connectivity index (χ3n) is 2.75. The molecule has 0 amide bonds. The zero-order valence-electron chi connectivity index (χ0n) is 13.3. The van der Waals surface area contributed by atoms with Crippen molar-refractivity contribution < 1.29 is 23.1 Å². The highest BCUT2D eigenvalue weighted by Gasteiger charge is 2.30. The van der Waals surface area contributed by atoms with Gasteiger partial charge >= 0.3 is 13.6 Å². The van der Waals surface area contributed by atoms with Crippen LogP contribution in [0.4, 0.5) is 0 Å². The van der Waals surface area contributed by atoms with Gasteiger partial charge in [0.15, 0.2) is 0 Å². The van der Waals surface area contributed by atoms with Gasteiger partial charge in [-0.05, 0) is 26.3 Å². The second kappa shape index (κ2) is 9.57. The third kappa shape index (κ3) is 5.76. The largest absolute Gasteiger partial charge is 0.463 e. The molecule has 1 aromatic rings. The van der Waals surface area contributed by atoms with Gasteiger partial charge in [0.2, 0.25) is 0 Å². The fourth-order valence-corrected chi connectivity index (χ4v) is 3.62. The van der Waals surface area contributed by atoms with E-state index in [1.807, 2.05) is 30.3 Å². The number of allylic oxidation sites excluding steroid dienone is 1. The first kappa shape index (κ1) is 18.6. The van der Waals surface area contributed by atoms with E-state index < -0.39 is 13.6 Å². The predicted octanol–water partition coefficient (Wildman–Crippen LogP) is 3.94. The highest BCUT2D eigenvalue weighted by molar-refractivity contribution is 7.58. The molecule has 0 aromatic heterocycles.